The van der Waals surface area contributed by atoms with E-state index in [-0.39, 0.29) is 0 Å². The van der Waals surface area contributed by atoms with Crippen molar-refractivity contribution in [2.45, 2.75) is 33.2 Å². The van der Waals surface area contributed by atoms with Gasteiger partial charge in [-0.3, -0.25) is 0 Å². The predicted molar refractivity (Wildman–Crippen MR) is 54.8 cm³/mol. The van der Waals surface area contributed by atoms with Crippen molar-refractivity contribution in [3.05, 3.63) is 18.2 Å². The smallest absolute Gasteiger partial charge is 0.0948 e. The summed E-state index contributed by atoms with van der Waals surface area (Å²) in [6, 6.07) is 0. The molecule has 0 radical (unpaired) electrons. The Hall–Kier alpha value is -0.830. The van der Waals surface area contributed by atoms with Gasteiger partial charge in [0.15, 0.2) is 0 Å². The second kappa shape index (κ2) is 5.75. The standard InChI is InChI=1S/C10H19N3/c1-3-10-8-12-9-13(10)7-5-6-11-4-2/h8-9,11H,3-7H2,1-2H3. The van der Waals surface area contributed by atoms with E-state index < -0.39 is 0 Å². The highest BCUT2D eigenvalue weighted by atomic mass is 15.0. The molecule has 0 aromatic carbocycles. The molecule has 0 aliphatic heterocycles. The van der Waals surface area contributed by atoms with E-state index in [1.807, 2.05) is 12.5 Å². The fraction of sp³-hybridized carbons (Fsp3) is 0.700. The number of hydrogen-bond donors (Lipinski definition) is 1. The third kappa shape index (κ3) is 3.19. The van der Waals surface area contributed by atoms with Gasteiger partial charge < -0.3 is 9.88 Å². The first-order chi connectivity index (χ1) is 6.38. The van der Waals surface area contributed by atoms with E-state index in [1.165, 1.54) is 12.1 Å². The Bertz CT molecular complexity index is 230. The van der Waals surface area contributed by atoms with Gasteiger partial charge in [0, 0.05) is 18.4 Å². The molecule has 1 rings (SSSR count). The Morgan fingerprint density at radius 2 is 2.31 bits per heavy atom. The van der Waals surface area contributed by atoms with Crippen LogP contribution < -0.4 is 5.32 Å². The third-order valence-corrected chi connectivity index (χ3v) is 2.16. The lowest BCUT2D eigenvalue weighted by Gasteiger charge is -2.06. The van der Waals surface area contributed by atoms with Crippen molar-refractivity contribution < 1.29 is 0 Å². The highest BCUT2D eigenvalue weighted by molar-refractivity contribution is 4.97. The van der Waals surface area contributed by atoms with E-state index >= 15 is 0 Å². The van der Waals surface area contributed by atoms with Crippen LogP contribution >= 0.6 is 0 Å². The van der Waals surface area contributed by atoms with Gasteiger partial charge in [-0.1, -0.05) is 13.8 Å². The van der Waals surface area contributed by atoms with Gasteiger partial charge in [-0.15, -0.1) is 0 Å². The summed E-state index contributed by atoms with van der Waals surface area (Å²) in [6.07, 6.45) is 6.12. The summed E-state index contributed by atoms with van der Waals surface area (Å²) in [5.74, 6) is 0. The lowest BCUT2D eigenvalue weighted by Crippen LogP contribution is -2.16. The zero-order valence-corrected chi connectivity index (χ0v) is 8.58. The Balaban J connectivity index is 2.27. The average molecular weight is 181 g/mol. The number of nitrogens with zero attached hydrogens (tertiary/aromatic N) is 2. The van der Waals surface area contributed by atoms with Crippen molar-refractivity contribution in [2.24, 2.45) is 0 Å². The monoisotopic (exact) mass is 181 g/mol. The van der Waals surface area contributed by atoms with Crippen LogP contribution in [0.5, 0.6) is 0 Å². The third-order valence-electron chi connectivity index (χ3n) is 2.16. The molecule has 0 bridgehead atoms. The molecule has 3 nitrogen and oxygen atoms in total. The van der Waals surface area contributed by atoms with E-state index in [0.717, 1.165) is 26.1 Å². The number of aromatic nitrogens is 2. The molecule has 1 aromatic rings. The molecule has 3 heteroatoms. The molecule has 0 fully saturated rings. The molecule has 0 atom stereocenters. The summed E-state index contributed by atoms with van der Waals surface area (Å²) in [6.45, 7) is 7.53. The molecule has 0 saturated carbocycles. The van der Waals surface area contributed by atoms with Crippen LogP contribution in [0.2, 0.25) is 0 Å². The molecule has 74 valence electrons. The van der Waals surface area contributed by atoms with Crippen molar-refractivity contribution in [1.29, 1.82) is 0 Å². The molecule has 1 aromatic heterocycles. The van der Waals surface area contributed by atoms with E-state index in [4.69, 9.17) is 0 Å². The molecule has 0 amide bonds. The van der Waals surface area contributed by atoms with Gasteiger partial charge in [-0.05, 0) is 25.9 Å². The van der Waals surface area contributed by atoms with Crippen LogP contribution in [0.1, 0.15) is 26.0 Å². The second-order valence-electron chi connectivity index (χ2n) is 3.14. The summed E-state index contributed by atoms with van der Waals surface area (Å²) in [5, 5.41) is 3.31. The van der Waals surface area contributed by atoms with Gasteiger partial charge in [-0.2, -0.15) is 0 Å². The zero-order chi connectivity index (χ0) is 9.52. The van der Waals surface area contributed by atoms with E-state index in [1.54, 1.807) is 0 Å². The van der Waals surface area contributed by atoms with Crippen molar-refractivity contribution in [3.8, 4) is 0 Å². The first-order valence-electron chi connectivity index (χ1n) is 5.08. The Morgan fingerprint density at radius 3 is 3.00 bits per heavy atom. The van der Waals surface area contributed by atoms with Crippen LogP contribution in [0.15, 0.2) is 12.5 Å². The van der Waals surface area contributed by atoms with Gasteiger partial charge in [0.05, 0.1) is 6.33 Å². The molecule has 0 unspecified atom stereocenters. The zero-order valence-electron chi connectivity index (χ0n) is 8.58. The van der Waals surface area contributed by atoms with Crippen molar-refractivity contribution >= 4 is 0 Å². The van der Waals surface area contributed by atoms with E-state index in [2.05, 4.69) is 28.7 Å². The maximum Gasteiger partial charge on any atom is 0.0948 e. The van der Waals surface area contributed by atoms with Crippen molar-refractivity contribution in [3.63, 3.8) is 0 Å². The minimum Gasteiger partial charge on any atom is -0.335 e. The van der Waals surface area contributed by atoms with Crippen LogP contribution in [-0.2, 0) is 13.0 Å². The topological polar surface area (TPSA) is 29.9 Å². The fourth-order valence-electron chi connectivity index (χ4n) is 1.40. The Kier molecular flexibility index (Phi) is 4.54. The Morgan fingerprint density at radius 1 is 1.46 bits per heavy atom. The van der Waals surface area contributed by atoms with Crippen molar-refractivity contribution in [1.82, 2.24) is 14.9 Å². The molecular weight excluding hydrogens is 162 g/mol. The van der Waals surface area contributed by atoms with Gasteiger partial charge in [0.25, 0.3) is 0 Å². The van der Waals surface area contributed by atoms with Crippen LogP contribution in [0.3, 0.4) is 0 Å². The quantitative estimate of drug-likeness (QED) is 0.673. The van der Waals surface area contributed by atoms with Crippen LogP contribution in [-0.4, -0.2) is 22.6 Å². The van der Waals surface area contributed by atoms with Gasteiger partial charge in [0.2, 0.25) is 0 Å². The first-order valence-corrected chi connectivity index (χ1v) is 5.08. The molecule has 1 heterocycles. The van der Waals surface area contributed by atoms with Gasteiger partial charge in [-0.25, -0.2) is 4.98 Å². The second-order valence-corrected chi connectivity index (χ2v) is 3.14. The average Bonchev–Trinajstić information content (AvgIpc) is 2.60. The number of imidazole rings is 1. The molecule has 0 aliphatic carbocycles. The number of rotatable bonds is 6. The molecule has 1 N–H and O–H groups in total. The number of aryl methyl sites for hydroxylation is 2. The largest absolute Gasteiger partial charge is 0.335 e. The molecule has 0 saturated heterocycles. The maximum absolute atomic E-state index is 4.13. The number of hydrogen-bond acceptors (Lipinski definition) is 2. The maximum atomic E-state index is 4.13. The van der Waals surface area contributed by atoms with Crippen LogP contribution in [0.4, 0.5) is 0 Å². The van der Waals surface area contributed by atoms with E-state index in [9.17, 15) is 0 Å². The molecule has 0 aliphatic rings. The summed E-state index contributed by atoms with van der Waals surface area (Å²) in [5.41, 5.74) is 1.33. The fourth-order valence-corrected chi connectivity index (χ4v) is 1.40. The normalized spacial score (nSPS) is 10.6. The highest BCUT2D eigenvalue weighted by Crippen LogP contribution is 2.00. The molecule has 0 spiro atoms. The lowest BCUT2D eigenvalue weighted by molar-refractivity contribution is 0.579. The van der Waals surface area contributed by atoms with Gasteiger partial charge >= 0.3 is 0 Å². The summed E-state index contributed by atoms with van der Waals surface area (Å²) in [4.78, 5) is 4.13. The molecule has 13 heavy (non-hydrogen) atoms. The van der Waals surface area contributed by atoms with Gasteiger partial charge in [0.1, 0.15) is 0 Å². The van der Waals surface area contributed by atoms with Crippen LogP contribution in [0, 0.1) is 0 Å². The van der Waals surface area contributed by atoms with Crippen LogP contribution in [0.25, 0.3) is 0 Å². The predicted octanol–water partition coefficient (Wildman–Crippen LogP) is 1.45. The minimum atomic E-state index is 1.06. The SMILES string of the molecule is CCNCCCn1cncc1CC. The summed E-state index contributed by atoms with van der Waals surface area (Å²) < 4.78 is 2.23. The highest BCUT2D eigenvalue weighted by Gasteiger charge is 1.97. The summed E-state index contributed by atoms with van der Waals surface area (Å²) >= 11 is 0. The lowest BCUT2D eigenvalue weighted by atomic mass is 10.3. The first kappa shape index (κ1) is 10.3. The summed E-state index contributed by atoms with van der Waals surface area (Å²) in [7, 11) is 0. The minimum absolute atomic E-state index is 1.06. The Labute approximate surface area is 80.2 Å². The van der Waals surface area contributed by atoms with E-state index in [0.29, 0.717) is 0 Å². The molecular formula is C10H19N3. The van der Waals surface area contributed by atoms with Crippen molar-refractivity contribution in [2.75, 3.05) is 13.1 Å². The number of nitrogens with one attached hydrogen (secondary N) is 1.